The Hall–Kier alpha value is -3.49. The Morgan fingerprint density at radius 3 is 2.68 bits per heavy atom. The van der Waals surface area contributed by atoms with Crippen molar-refractivity contribution in [2.24, 2.45) is 0 Å². The van der Waals surface area contributed by atoms with Crippen LogP contribution in [0.2, 0.25) is 5.02 Å². The van der Waals surface area contributed by atoms with E-state index < -0.39 is 12.0 Å². The van der Waals surface area contributed by atoms with Crippen LogP contribution < -0.4 is 5.73 Å². The second-order valence-electron chi connectivity index (χ2n) is 8.10. The van der Waals surface area contributed by atoms with Crippen LogP contribution in [0.1, 0.15) is 24.1 Å². The number of nitrogens with zero attached hydrogens (tertiary/aromatic N) is 4. The average molecular weight is 480 g/mol. The van der Waals surface area contributed by atoms with Crippen molar-refractivity contribution in [3.8, 4) is 0 Å². The molecule has 0 radical (unpaired) electrons. The fourth-order valence-electron chi connectivity index (χ4n) is 4.17. The standard InChI is InChI=1S/C25H26ClN5O3/c1-3-34-25(33)16(2)23(18-5-7-19(26)8-6-18)31-11-10-30(22(32)14-31)13-17-4-9-20-21(12-17)28-15-29-24(20)27/h4-9,12,15,23H,2-3,10-11,13-14H2,1H3,(H2,27,28,29). The van der Waals surface area contributed by atoms with E-state index in [0.29, 0.717) is 30.5 Å². The minimum Gasteiger partial charge on any atom is -0.463 e. The average Bonchev–Trinajstić information content (AvgIpc) is 2.82. The van der Waals surface area contributed by atoms with E-state index in [1.807, 2.05) is 35.2 Å². The molecule has 8 nitrogen and oxygen atoms in total. The molecule has 0 saturated carbocycles. The molecule has 1 saturated heterocycles. The summed E-state index contributed by atoms with van der Waals surface area (Å²) in [7, 11) is 0. The summed E-state index contributed by atoms with van der Waals surface area (Å²) < 4.78 is 5.19. The predicted molar refractivity (Wildman–Crippen MR) is 131 cm³/mol. The zero-order valence-corrected chi connectivity index (χ0v) is 19.7. The molecule has 0 aliphatic carbocycles. The maximum Gasteiger partial charge on any atom is 0.335 e. The molecule has 1 aromatic heterocycles. The quantitative estimate of drug-likeness (QED) is 0.409. The Morgan fingerprint density at radius 1 is 1.21 bits per heavy atom. The van der Waals surface area contributed by atoms with Crippen LogP contribution in [0.4, 0.5) is 5.82 Å². The highest BCUT2D eigenvalue weighted by Gasteiger charge is 2.33. The molecule has 0 bridgehead atoms. The first-order valence-electron chi connectivity index (χ1n) is 11.0. The lowest BCUT2D eigenvalue weighted by atomic mass is 9.97. The Labute approximate surface area is 203 Å². The van der Waals surface area contributed by atoms with Crippen molar-refractivity contribution in [1.29, 1.82) is 0 Å². The van der Waals surface area contributed by atoms with E-state index in [-0.39, 0.29) is 24.6 Å². The van der Waals surface area contributed by atoms with Crippen molar-refractivity contribution in [3.05, 3.63) is 77.1 Å². The van der Waals surface area contributed by atoms with Crippen LogP contribution in [-0.4, -0.2) is 57.9 Å². The molecular formula is C25H26ClN5O3. The number of ether oxygens (including phenoxy) is 1. The number of fused-ring (bicyclic) bond motifs is 1. The number of anilines is 1. The molecule has 3 aromatic rings. The van der Waals surface area contributed by atoms with Gasteiger partial charge in [0.05, 0.1) is 30.3 Å². The lowest BCUT2D eigenvalue weighted by molar-refractivity contribution is -0.142. The van der Waals surface area contributed by atoms with Gasteiger partial charge in [0.15, 0.2) is 0 Å². The van der Waals surface area contributed by atoms with E-state index in [4.69, 9.17) is 22.1 Å². The Balaban J connectivity index is 1.51. The second-order valence-corrected chi connectivity index (χ2v) is 8.53. The van der Waals surface area contributed by atoms with Gasteiger partial charge in [-0.25, -0.2) is 14.8 Å². The summed E-state index contributed by atoms with van der Waals surface area (Å²) in [5, 5.41) is 1.37. The van der Waals surface area contributed by atoms with Crippen molar-refractivity contribution < 1.29 is 14.3 Å². The summed E-state index contributed by atoms with van der Waals surface area (Å²) in [6, 6.07) is 12.5. The number of piperazine rings is 1. The molecule has 1 atom stereocenters. The SMILES string of the molecule is C=C(C(=O)OCC)C(c1ccc(Cl)cc1)N1CCN(Cc2ccc3c(N)ncnc3c2)C(=O)C1. The molecular weight excluding hydrogens is 454 g/mol. The molecule has 1 aliphatic heterocycles. The normalized spacial score (nSPS) is 15.4. The number of hydrogen-bond acceptors (Lipinski definition) is 7. The summed E-state index contributed by atoms with van der Waals surface area (Å²) in [4.78, 5) is 37.6. The first kappa shape index (κ1) is 23.7. The molecule has 1 unspecified atom stereocenters. The van der Waals surface area contributed by atoms with Crippen molar-refractivity contribution in [2.75, 3.05) is 32.0 Å². The number of carbonyl (C=O) groups excluding carboxylic acids is 2. The van der Waals surface area contributed by atoms with Gasteiger partial charge in [0.2, 0.25) is 5.91 Å². The van der Waals surface area contributed by atoms with Crippen LogP contribution in [0.15, 0.2) is 60.9 Å². The smallest absolute Gasteiger partial charge is 0.335 e. The molecule has 2 N–H and O–H groups in total. The van der Waals surface area contributed by atoms with Crippen molar-refractivity contribution in [3.63, 3.8) is 0 Å². The monoisotopic (exact) mass is 479 g/mol. The van der Waals surface area contributed by atoms with Gasteiger partial charge in [-0.2, -0.15) is 0 Å². The summed E-state index contributed by atoms with van der Waals surface area (Å²) >= 11 is 6.05. The zero-order valence-electron chi connectivity index (χ0n) is 18.9. The maximum absolute atomic E-state index is 13.1. The maximum atomic E-state index is 13.1. The van der Waals surface area contributed by atoms with Crippen LogP contribution >= 0.6 is 11.6 Å². The van der Waals surface area contributed by atoms with E-state index in [9.17, 15) is 9.59 Å². The molecule has 1 amide bonds. The Kier molecular flexibility index (Phi) is 7.09. The molecule has 4 rings (SSSR count). The van der Waals surface area contributed by atoms with Crippen LogP contribution in [-0.2, 0) is 20.9 Å². The van der Waals surface area contributed by atoms with Crippen molar-refractivity contribution in [1.82, 2.24) is 19.8 Å². The highest BCUT2D eigenvalue weighted by Crippen LogP contribution is 2.31. The van der Waals surface area contributed by atoms with Crippen LogP contribution in [0.5, 0.6) is 0 Å². The van der Waals surface area contributed by atoms with Gasteiger partial charge >= 0.3 is 5.97 Å². The number of carbonyl (C=O) groups is 2. The molecule has 0 spiro atoms. The fourth-order valence-corrected chi connectivity index (χ4v) is 4.30. The summed E-state index contributed by atoms with van der Waals surface area (Å²) in [6.07, 6.45) is 1.43. The topological polar surface area (TPSA) is 102 Å². The fraction of sp³-hybridized carbons (Fsp3) is 0.280. The van der Waals surface area contributed by atoms with Gasteiger partial charge < -0.3 is 15.4 Å². The highest BCUT2D eigenvalue weighted by atomic mass is 35.5. The first-order valence-corrected chi connectivity index (χ1v) is 11.4. The number of benzene rings is 2. The minimum atomic E-state index is -0.484. The van der Waals surface area contributed by atoms with E-state index in [2.05, 4.69) is 16.5 Å². The number of nitrogen functional groups attached to an aromatic ring is 1. The van der Waals surface area contributed by atoms with E-state index in [0.717, 1.165) is 22.0 Å². The largest absolute Gasteiger partial charge is 0.463 e. The zero-order chi connectivity index (χ0) is 24.2. The molecule has 2 aromatic carbocycles. The Morgan fingerprint density at radius 2 is 1.97 bits per heavy atom. The van der Waals surface area contributed by atoms with Crippen LogP contribution in [0.25, 0.3) is 10.9 Å². The lowest BCUT2D eigenvalue weighted by Crippen LogP contribution is -2.51. The van der Waals surface area contributed by atoms with Gasteiger partial charge in [-0.15, -0.1) is 0 Å². The summed E-state index contributed by atoms with van der Waals surface area (Å²) in [6.45, 7) is 7.67. The van der Waals surface area contributed by atoms with Gasteiger partial charge in [0.1, 0.15) is 12.1 Å². The summed E-state index contributed by atoms with van der Waals surface area (Å²) in [5.41, 5.74) is 8.72. The number of aromatic nitrogens is 2. The van der Waals surface area contributed by atoms with E-state index in [1.54, 1.807) is 24.0 Å². The van der Waals surface area contributed by atoms with Gasteiger partial charge in [0.25, 0.3) is 0 Å². The number of rotatable bonds is 7. The summed E-state index contributed by atoms with van der Waals surface area (Å²) in [5.74, 6) is -0.0877. The Bertz CT molecular complexity index is 1230. The van der Waals surface area contributed by atoms with Crippen LogP contribution in [0, 0.1) is 0 Å². The third kappa shape index (κ3) is 5.03. The van der Waals surface area contributed by atoms with E-state index >= 15 is 0 Å². The number of nitrogens with two attached hydrogens (primary N) is 1. The van der Waals surface area contributed by atoms with Gasteiger partial charge in [0, 0.05) is 30.0 Å². The minimum absolute atomic E-state index is 0.0378. The molecule has 2 heterocycles. The van der Waals surface area contributed by atoms with Gasteiger partial charge in [-0.3, -0.25) is 9.69 Å². The van der Waals surface area contributed by atoms with E-state index in [1.165, 1.54) is 6.33 Å². The molecule has 1 fully saturated rings. The lowest BCUT2D eigenvalue weighted by Gasteiger charge is -2.39. The first-order chi connectivity index (χ1) is 16.4. The molecule has 34 heavy (non-hydrogen) atoms. The van der Waals surface area contributed by atoms with Crippen molar-refractivity contribution >= 4 is 40.2 Å². The third-order valence-electron chi connectivity index (χ3n) is 5.87. The van der Waals surface area contributed by atoms with Crippen LogP contribution in [0.3, 0.4) is 0 Å². The second kappa shape index (κ2) is 10.2. The molecule has 1 aliphatic rings. The highest BCUT2D eigenvalue weighted by molar-refractivity contribution is 6.30. The molecule has 176 valence electrons. The molecule has 9 heteroatoms. The third-order valence-corrected chi connectivity index (χ3v) is 6.12. The van der Waals surface area contributed by atoms with Crippen molar-refractivity contribution in [2.45, 2.75) is 19.5 Å². The predicted octanol–water partition coefficient (Wildman–Crippen LogP) is 3.37. The number of halogens is 1. The number of amides is 1. The van der Waals surface area contributed by atoms with Gasteiger partial charge in [-0.1, -0.05) is 36.4 Å². The number of hydrogen-bond donors (Lipinski definition) is 1. The number of esters is 1. The van der Waals surface area contributed by atoms with Gasteiger partial charge in [-0.05, 0) is 42.3 Å².